The van der Waals surface area contributed by atoms with Crippen molar-refractivity contribution in [3.63, 3.8) is 0 Å². The molecule has 2 heterocycles. The Balaban J connectivity index is 2.20. The molecular weight excluding hydrogens is 206 g/mol. The highest BCUT2D eigenvalue weighted by Crippen LogP contribution is 2.18. The molecular formula is C11H15N3O2. The molecule has 1 fully saturated rings. The number of likely N-dealkylation sites (tertiary alicyclic amines) is 1. The minimum Gasteiger partial charge on any atom is -0.480 e. The molecule has 1 aromatic heterocycles. The van der Waals surface area contributed by atoms with Gasteiger partial charge in [0.2, 0.25) is 5.88 Å². The summed E-state index contributed by atoms with van der Waals surface area (Å²) in [4.78, 5) is 17.9. The van der Waals surface area contributed by atoms with Gasteiger partial charge in [0.15, 0.2) is 0 Å². The number of rotatable bonds is 2. The van der Waals surface area contributed by atoms with E-state index in [2.05, 4.69) is 4.98 Å². The molecule has 0 radical (unpaired) electrons. The maximum atomic E-state index is 12.1. The Bertz CT molecular complexity index is 395. The summed E-state index contributed by atoms with van der Waals surface area (Å²) in [6.07, 6.45) is 2.46. The zero-order valence-electron chi connectivity index (χ0n) is 9.22. The third-order valence-corrected chi connectivity index (χ3v) is 2.71. The minimum absolute atomic E-state index is 0.0575. The van der Waals surface area contributed by atoms with Crippen LogP contribution in [-0.2, 0) is 0 Å². The van der Waals surface area contributed by atoms with Crippen LogP contribution in [0.15, 0.2) is 18.3 Å². The number of pyridine rings is 1. The molecule has 1 aliphatic heterocycles. The van der Waals surface area contributed by atoms with E-state index in [1.165, 1.54) is 7.11 Å². The van der Waals surface area contributed by atoms with Gasteiger partial charge in [0.25, 0.3) is 5.91 Å². The molecule has 5 heteroatoms. The van der Waals surface area contributed by atoms with E-state index in [0.29, 0.717) is 24.5 Å². The average molecular weight is 221 g/mol. The molecule has 5 nitrogen and oxygen atoms in total. The number of ether oxygens (including phenoxy) is 1. The number of nitrogens with two attached hydrogens (primary N) is 1. The lowest BCUT2D eigenvalue weighted by Gasteiger charge is -2.16. The van der Waals surface area contributed by atoms with Crippen LogP contribution >= 0.6 is 0 Å². The molecule has 2 rings (SSSR count). The number of aromatic nitrogens is 1. The van der Waals surface area contributed by atoms with Gasteiger partial charge in [-0.25, -0.2) is 4.98 Å². The van der Waals surface area contributed by atoms with Crippen molar-refractivity contribution in [2.45, 2.75) is 12.5 Å². The Morgan fingerprint density at radius 2 is 2.50 bits per heavy atom. The van der Waals surface area contributed by atoms with Gasteiger partial charge in [-0.15, -0.1) is 0 Å². The lowest BCUT2D eigenvalue weighted by molar-refractivity contribution is 0.0786. The summed E-state index contributed by atoms with van der Waals surface area (Å²) in [6, 6.07) is 3.54. The summed E-state index contributed by atoms with van der Waals surface area (Å²) < 4.78 is 5.06. The van der Waals surface area contributed by atoms with Crippen LogP contribution in [0.4, 0.5) is 0 Å². The fraction of sp³-hybridized carbons (Fsp3) is 0.455. The number of carbonyl (C=O) groups excluding carboxylic acids is 1. The average Bonchev–Trinajstić information content (AvgIpc) is 2.75. The van der Waals surface area contributed by atoms with E-state index >= 15 is 0 Å². The van der Waals surface area contributed by atoms with Crippen molar-refractivity contribution in [2.75, 3.05) is 20.2 Å². The van der Waals surface area contributed by atoms with Crippen LogP contribution in [0.5, 0.6) is 5.88 Å². The third kappa shape index (κ3) is 1.99. The maximum absolute atomic E-state index is 12.1. The van der Waals surface area contributed by atoms with Gasteiger partial charge in [0.1, 0.15) is 5.56 Å². The highest BCUT2D eigenvalue weighted by atomic mass is 16.5. The summed E-state index contributed by atoms with van der Waals surface area (Å²) in [5.74, 6) is 0.311. The molecule has 1 amide bonds. The lowest BCUT2D eigenvalue weighted by atomic mass is 10.2. The molecule has 16 heavy (non-hydrogen) atoms. The monoisotopic (exact) mass is 221 g/mol. The predicted octanol–water partition coefficient (Wildman–Crippen LogP) is 0.263. The highest BCUT2D eigenvalue weighted by molar-refractivity contribution is 5.96. The molecule has 0 saturated carbocycles. The van der Waals surface area contributed by atoms with E-state index in [-0.39, 0.29) is 11.9 Å². The van der Waals surface area contributed by atoms with E-state index in [9.17, 15) is 4.79 Å². The van der Waals surface area contributed by atoms with Gasteiger partial charge in [0, 0.05) is 25.3 Å². The zero-order valence-corrected chi connectivity index (χ0v) is 9.22. The van der Waals surface area contributed by atoms with Crippen LogP contribution < -0.4 is 10.5 Å². The second kappa shape index (κ2) is 4.49. The highest BCUT2D eigenvalue weighted by Gasteiger charge is 2.26. The molecule has 1 aliphatic rings. The summed E-state index contributed by atoms with van der Waals surface area (Å²) in [7, 11) is 1.51. The fourth-order valence-corrected chi connectivity index (χ4v) is 1.86. The van der Waals surface area contributed by atoms with Crippen molar-refractivity contribution in [3.05, 3.63) is 23.9 Å². The molecule has 1 aromatic rings. The van der Waals surface area contributed by atoms with Crippen molar-refractivity contribution in [1.29, 1.82) is 0 Å². The standard InChI is InChI=1S/C11H15N3O2/c1-16-10-9(3-2-5-13-10)11(15)14-6-4-8(12)7-14/h2-3,5,8H,4,6-7,12H2,1H3/t8-/m0/s1. The number of carbonyl (C=O) groups is 1. The van der Waals surface area contributed by atoms with Gasteiger partial charge < -0.3 is 15.4 Å². The Morgan fingerprint density at radius 1 is 1.69 bits per heavy atom. The van der Waals surface area contributed by atoms with Gasteiger partial charge in [-0.3, -0.25) is 4.79 Å². The van der Waals surface area contributed by atoms with Crippen LogP contribution in [-0.4, -0.2) is 42.0 Å². The first kappa shape index (κ1) is 10.9. The first-order chi connectivity index (χ1) is 7.72. The summed E-state index contributed by atoms with van der Waals surface area (Å²) >= 11 is 0. The summed E-state index contributed by atoms with van der Waals surface area (Å²) in [5.41, 5.74) is 6.27. The van der Waals surface area contributed by atoms with Crippen molar-refractivity contribution in [2.24, 2.45) is 5.73 Å². The van der Waals surface area contributed by atoms with E-state index < -0.39 is 0 Å². The van der Waals surface area contributed by atoms with E-state index in [1.54, 1.807) is 23.2 Å². The molecule has 2 N–H and O–H groups in total. The zero-order chi connectivity index (χ0) is 11.5. The van der Waals surface area contributed by atoms with Crippen molar-refractivity contribution in [1.82, 2.24) is 9.88 Å². The quantitative estimate of drug-likeness (QED) is 0.778. The summed E-state index contributed by atoms with van der Waals surface area (Å²) in [6.45, 7) is 1.31. The summed E-state index contributed by atoms with van der Waals surface area (Å²) in [5, 5.41) is 0. The van der Waals surface area contributed by atoms with Crippen molar-refractivity contribution < 1.29 is 9.53 Å². The third-order valence-electron chi connectivity index (χ3n) is 2.71. The number of nitrogens with zero attached hydrogens (tertiary/aromatic N) is 2. The molecule has 0 aliphatic carbocycles. The Morgan fingerprint density at radius 3 is 3.12 bits per heavy atom. The molecule has 0 unspecified atom stereocenters. The molecule has 1 atom stereocenters. The van der Waals surface area contributed by atoms with Gasteiger partial charge in [-0.05, 0) is 18.6 Å². The van der Waals surface area contributed by atoms with Gasteiger partial charge >= 0.3 is 0 Å². The van der Waals surface area contributed by atoms with Crippen LogP contribution in [0.25, 0.3) is 0 Å². The molecule has 1 saturated heterocycles. The minimum atomic E-state index is -0.0575. The first-order valence-corrected chi connectivity index (χ1v) is 5.26. The molecule has 0 spiro atoms. The van der Waals surface area contributed by atoms with Crippen molar-refractivity contribution in [3.8, 4) is 5.88 Å². The van der Waals surface area contributed by atoms with Gasteiger partial charge in [-0.2, -0.15) is 0 Å². The SMILES string of the molecule is COc1ncccc1C(=O)N1CC[C@H](N)C1. The molecule has 0 bridgehead atoms. The Labute approximate surface area is 94.2 Å². The van der Waals surface area contributed by atoms with Crippen LogP contribution in [0.2, 0.25) is 0 Å². The topological polar surface area (TPSA) is 68.5 Å². The van der Waals surface area contributed by atoms with Gasteiger partial charge in [0.05, 0.1) is 7.11 Å². The van der Waals surface area contributed by atoms with Crippen LogP contribution in [0.3, 0.4) is 0 Å². The second-order valence-electron chi connectivity index (χ2n) is 3.86. The number of hydrogen-bond donors (Lipinski definition) is 1. The van der Waals surface area contributed by atoms with Crippen LogP contribution in [0, 0.1) is 0 Å². The molecule has 0 aromatic carbocycles. The first-order valence-electron chi connectivity index (χ1n) is 5.26. The van der Waals surface area contributed by atoms with E-state index in [0.717, 1.165) is 6.42 Å². The van der Waals surface area contributed by atoms with Crippen LogP contribution in [0.1, 0.15) is 16.8 Å². The Hall–Kier alpha value is -1.62. The Kier molecular flexibility index (Phi) is 3.05. The fourth-order valence-electron chi connectivity index (χ4n) is 1.86. The number of amides is 1. The van der Waals surface area contributed by atoms with Crippen molar-refractivity contribution >= 4 is 5.91 Å². The maximum Gasteiger partial charge on any atom is 0.259 e. The number of hydrogen-bond acceptors (Lipinski definition) is 4. The lowest BCUT2D eigenvalue weighted by Crippen LogP contribution is -2.32. The number of methoxy groups -OCH3 is 1. The normalized spacial score (nSPS) is 19.9. The second-order valence-corrected chi connectivity index (χ2v) is 3.86. The van der Waals surface area contributed by atoms with E-state index in [1.807, 2.05) is 0 Å². The smallest absolute Gasteiger partial charge is 0.259 e. The van der Waals surface area contributed by atoms with E-state index in [4.69, 9.17) is 10.5 Å². The predicted molar refractivity (Wildman–Crippen MR) is 59.3 cm³/mol. The van der Waals surface area contributed by atoms with Gasteiger partial charge in [-0.1, -0.05) is 0 Å². The molecule has 86 valence electrons. The largest absolute Gasteiger partial charge is 0.480 e.